The molecule has 118 valence electrons. The molecule has 1 aliphatic rings. The Balaban J connectivity index is 1.49. The molecule has 1 heterocycles. The summed E-state index contributed by atoms with van der Waals surface area (Å²) < 4.78 is 0. The first-order valence-electron chi connectivity index (χ1n) is 7.94. The Labute approximate surface area is 146 Å². The quantitative estimate of drug-likeness (QED) is 0.603. The van der Waals surface area contributed by atoms with Crippen molar-refractivity contribution in [1.29, 1.82) is 0 Å². The molecule has 4 rings (SSSR count). The van der Waals surface area contributed by atoms with E-state index in [9.17, 15) is 4.79 Å². The van der Waals surface area contributed by atoms with E-state index in [1.165, 1.54) is 5.56 Å². The van der Waals surface area contributed by atoms with Crippen LogP contribution in [0.25, 0.3) is 11.1 Å². The molecule has 1 fully saturated rings. The number of carbonyl (C=O) groups is 1. The van der Waals surface area contributed by atoms with Crippen molar-refractivity contribution in [3.8, 4) is 11.1 Å². The van der Waals surface area contributed by atoms with Crippen LogP contribution in [-0.4, -0.2) is 17.4 Å². The molecule has 0 aromatic heterocycles. The molecule has 1 atom stereocenters. The first kappa shape index (κ1) is 15.0. The Bertz CT molecular complexity index is 857. The molecule has 0 N–H and O–H groups in total. The first-order valence-corrected chi connectivity index (χ1v) is 8.32. The number of halogens is 1. The maximum atomic E-state index is 12.6. The maximum Gasteiger partial charge on any atom is 0.254 e. The van der Waals surface area contributed by atoms with Gasteiger partial charge >= 0.3 is 0 Å². The predicted molar refractivity (Wildman–Crippen MR) is 97.1 cm³/mol. The average molecular weight is 334 g/mol. The van der Waals surface area contributed by atoms with Crippen molar-refractivity contribution < 1.29 is 4.79 Å². The first-order chi connectivity index (χ1) is 11.7. The summed E-state index contributed by atoms with van der Waals surface area (Å²) in [4.78, 5) is 14.5. The van der Waals surface area contributed by atoms with E-state index in [-0.39, 0.29) is 11.9 Å². The number of rotatable bonds is 3. The van der Waals surface area contributed by atoms with E-state index in [0.29, 0.717) is 0 Å². The highest BCUT2D eigenvalue weighted by Crippen LogP contribution is 2.36. The Morgan fingerprint density at radius 3 is 2.04 bits per heavy atom. The van der Waals surface area contributed by atoms with Crippen LogP contribution >= 0.6 is 11.6 Å². The zero-order chi connectivity index (χ0) is 16.5. The zero-order valence-corrected chi connectivity index (χ0v) is 13.8. The van der Waals surface area contributed by atoms with Crippen molar-refractivity contribution in [3.63, 3.8) is 0 Å². The Morgan fingerprint density at radius 2 is 1.42 bits per heavy atom. The van der Waals surface area contributed by atoms with E-state index in [1.807, 2.05) is 71.6 Å². The van der Waals surface area contributed by atoms with Gasteiger partial charge in [0.1, 0.15) is 0 Å². The van der Waals surface area contributed by atoms with Gasteiger partial charge in [-0.3, -0.25) is 4.79 Å². The highest BCUT2D eigenvalue weighted by atomic mass is 35.5. The summed E-state index contributed by atoms with van der Waals surface area (Å²) in [6.45, 7) is 0.793. The van der Waals surface area contributed by atoms with Crippen LogP contribution in [0.5, 0.6) is 0 Å². The van der Waals surface area contributed by atoms with Gasteiger partial charge in [-0.25, -0.2) is 0 Å². The Kier molecular flexibility index (Phi) is 3.83. The summed E-state index contributed by atoms with van der Waals surface area (Å²) in [5.74, 6) is 0.0894. The van der Waals surface area contributed by atoms with Gasteiger partial charge in [-0.15, -0.1) is 0 Å². The molecule has 3 aromatic carbocycles. The molecule has 1 amide bonds. The number of hydrogen-bond donors (Lipinski definition) is 0. The van der Waals surface area contributed by atoms with Crippen molar-refractivity contribution in [3.05, 3.63) is 95.0 Å². The van der Waals surface area contributed by atoms with Gasteiger partial charge in [-0.2, -0.15) is 0 Å². The fourth-order valence-corrected chi connectivity index (χ4v) is 3.06. The molecule has 0 spiro atoms. The SMILES string of the molecule is O=C(c1ccc(-c2ccc(Cl)cc2)cc1)N1CC1c1ccccc1. The second kappa shape index (κ2) is 6.14. The minimum atomic E-state index is 0.0894. The third kappa shape index (κ3) is 2.93. The predicted octanol–water partition coefficient (Wildman–Crippen LogP) is 5.20. The molecule has 1 unspecified atom stereocenters. The Morgan fingerprint density at radius 1 is 0.833 bits per heavy atom. The van der Waals surface area contributed by atoms with Gasteiger partial charge in [0.15, 0.2) is 0 Å². The van der Waals surface area contributed by atoms with Gasteiger partial charge in [0.25, 0.3) is 5.91 Å². The summed E-state index contributed by atoms with van der Waals surface area (Å²) in [7, 11) is 0. The standard InChI is InChI=1S/C21H16ClNO/c22-19-12-10-16(11-13-19)15-6-8-18(9-7-15)21(24)23-14-20(23)17-4-2-1-3-5-17/h1-13,20H,14H2. The topological polar surface area (TPSA) is 20.1 Å². The van der Waals surface area contributed by atoms with Crippen molar-refractivity contribution >= 4 is 17.5 Å². The zero-order valence-electron chi connectivity index (χ0n) is 13.0. The molecule has 24 heavy (non-hydrogen) atoms. The summed E-state index contributed by atoms with van der Waals surface area (Å²) >= 11 is 5.92. The van der Waals surface area contributed by atoms with E-state index < -0.39 is 0 Å². The summed E-state index contributed by atoms with van der Waals surface area (Å²) in [5, 5.41) is 0.721. The van der Waals surface area contributed by atoms with E-state index in [0.717, 1.165) is 28.3 Å². The molecule has 2 nitrogen and oxygen atoms in total. The van der Waals surface area contributed by atoms with Crippen molar-refractivity contribution in [2.45, 2.75) is 6.04 Å². The maximum absolute atomic E-state index is 12.6. The molecule has 0 aliphatic carbocycles. The number of nitrogens with zero attached hydrogens (tertiary/aromatic N) is 1. The summed E-state index contributed by atoms with van der Waals surface area (Å²) in [5.41, 5.74) is 4.09. The lowest BCUT2D eigenvalue weighted by atomic mass is 10.0. The van der Waals surface area contributed by atoms with Gasteiger partial charge in [0, 0.05) is 17.1 Å². The van der Waals surface area contributed by atoms with E-state index in [4.69, 9.17) is 11.6 Å². The number of amides is 1. The van der Waals surface area contributed by atoms with Crippen LogP contribution in [-0.2, 0) is 0 Å². The lowest BCUT2D eigenvalue weighted by Crippen LogP contribution is -2.11. The third-order valence-corrected chi connectivity index (χ3v) is 4.62. The molecule has 1 aliphatic heterocycles. The monoisotopic (exact) mass is 333 g/mol. The molecule has 0 radical (unpaired) electrons. The van der Waals surface area contributed by atoms with Gasteiger partial charge < -0.3 is 4.90 Å². The number of benzene rings is 3. The molecule has 1 saturated heterocycles. The molecule has 0 saturated carbocycles. The molecule has 3 heteroatoms. The molecular formula is C21H16ClNO. The van der Waals surface area contributed by atoms with Crippen LogP contribution in [0.15, 0.2) is 78.9 Å². The normalized spacial score (nSPS) is 16.0. The van der Waals surface area contributed by atoms with Gasteiger partial charge in [0.05, 0.1) is 6.04 Å². The van der Waals surface area contributed by atoms with Crippen LogP contribution in [0, 0.1) is 0 Å². The second-order valence-electron chi connectivity index (χ2n) is 5.97. The van der Waals surface area contributed by atoms with Gasteiger partial charge in [-0.1, -0.05) is 66.2 Å². The van der Waals surface area contributed by atoms with Crippen LogP contribution in [0.2, 0.25) is 5.02 Å². The average Bonchev–Trinajstić information content (AvgIpc) is 3.43. The van der Waals surface area contributed by atoms with E-state index >= 15 is 0 Å². The fraction of sp³-hybridized carbons (Fsp3) is 0.0952. The highest BCUT2D eigenvalue weighted by Gasteiger charge is 2.39. The molecule has 0 bridgehead atoms. The van der Waals surface area contributed by atoms with Crippen molar-refractivity contribution in [2.24, 2.45) is 0 Å². The van der Waals surface area contributed by atoms with Gasteiger partial charge in [-0.05, 0) is 41.0 Å². The number of carbonyl (C=O) groups excluding carboxylic acids is 1. The largest absolute Gasteiger partial charge is 0.327 e. The fourth-order valence-electron chi connectivity index (χ4n) is 2.94. The van der Waals surface area contributed by atoms with Crippen molar-refractivity contribution in [1.82, 2.24) is 4.90 Å². The van der Waals surface area contributed by atoms with Gasteiger partial charge in [0.2, 0.25) is 0 Å². The number of hydrogen-bond acceptors (Lipinski definition) is 1. The van der Waals surface area contributed by atoms with Crippen LogP contribution in [0.1, 0.15) is 22.0 Å². The van der Waals surface area contributed by atoms with E-state index in [2.05, 4.69) is 12.1 Å². The Hall–Kier alpha value is -2.58. The van der Waals surface area contributed by atoms with E-state index in [1.54, 1.807) is 0 Å². The minimum Gasteiger partial charge on any atom is -0.327 e. The summed E-state index contributed by atoms with van der Waals surface area (Å²) in [6, 6.07) is 25.8. The molecular weight excluding hydrogens is 318 g/mol. The van der Waals surface area contributed by atoms with Crippen LogP contribution in [0.4, 0.5) is 0 Å². The minimum absolute atomic E-state index is 0.0894. The third-order valence-electron chi connectivity index (χ3n) is 4.37. The second-order valence-corrected chi connectivity index (χ2v) is 6.40. The molecule has 3 aromatic rings. The lowest BCUT2D eigenvalue weighted by Gasteiger charge is -2.07. The summed E-state index contributed by atoms with van der Waals surface area (Å²) in [6.07, 6.45) is 0. The smallest absolute Gasteiger partial charge is 0.254 e. The van der Waals surface area contributed by atoms with Crippen LogP contribution < -0.4 is 0 Å². The highest BCUT2D eigenvalue weighted by molar-refractivity contribution is 6.30. The van der Waals surface area contributed by atoms with Crippen molar-refractivity contribution in [2.75, 3.05) is 6.54 Å². The van der Waals surface area contributed by atoms with Crippen LogP contribution in [0.3, 0.4) is 0 Å². The lowest BCUT2D eigenvalue weighted by molar-refractivity contribution is 0.0874.